The highest BCUT2D eigenvalue weighted by molar-refractivity contribution is 5.80. The van der Waals surface area contributed by atoms with Crippen LogP contribution in [0.25, 0.3) is 5.70 Å². The van der Waals surface area contributed by atoms with Crippen LogP contribution < -0.4 is 9.64 Å². The summed E-state index contributed by atoms with van der Waals surface area (Å²) in [5, 5.41) is 8.93. The second kappa shape index (κ2) is 8.16. The molecule has 0 saturated carbocycles. The largest absolute Gasteiger partial charge is 0.497 e. The van der Waals surface area contributed by atoms with Crippen molar-refractivity contribution in [3.63, 3.8) is 0 Å². The lowest BCUT2D eigenvalue weighted by Crippen LogP contribution is -2.16. The van der Waals surface area contributed by atoms with Crippen LogP contribution in [0.5, 0.6) is 5.75 Å². The van der Waals surface area contributed by atoms with E-state index in [9.17, 15) is 4.39 Å². The first kappa shape index (κ1) is 18.3. The van der Waals surface area contributed by atoms with Gasteiger partial charge in [0.05, 0.1) is 12.7 Å². The molecule has 0 aliphatic heterocycles. The van der Waals surface area contributed by atoms with Gasteiger partial charge in [0, 0.05) is 24.0 Å². The summed E-state index contributed by atoms with van der Waals surface area (Å²) in [6.07, 6.45) is 3.98. The van der Waals surface area contributed by atoms with E-state index >= 15 is 0 Å². The number of anilines is 1. The second-order valence-corrected chi connectivity index (χ2v) is 5.63. The van der Waals surface area contributed by atoms with Gasteiger partial charge in [0.2, 0.25) is 0 Å². The summed E-state index contributed by atoms with van der Waals surface area (Å²) >= 11 is 0. The quantitative estimate of drug-likeness (QED) is 0.709. The molecule has 3 nitrogen and oxygen atoms in total. The summed E-state index contributed by atoms with van der Waals surface area (Å²) in [7, 11) is 3.55. The average molecular weight is 336 g/mol. The summed E-state index contributed by atoms with van der Waals surface area (Å²) in [5.41, 5.74) is 3.58. The number of benzene rings is 2. The van der Waals surface area contributed by atoms with E-state index in [-0.39, 0.29) is 5.56 Å². The molecule has 2 aromatic carbocycles. The van der Waals surface area contributed by atoms with Gasteiger partial charge in [0.15, 0.2) is 0 Å². The van der Waals surface area contributed by atoms with Gasteiger partial charge in [-0.3, -0.25) is 0 Å². The first-order valence-corrected chi connectivity index (χ1v) is 7.92. The van der Waals surface area contributed by atoms with Crippen molar-refractivity contribution in [1.82, 2.24) is 0 Å². The van der Waals surface area contributed by atoms with Crippen molar-refractivity contribution in [1.29, 1.82) is 5.26 Å². The van der Waals surface area contributed by atoms with Crippen molar-refractivity contribution in [2.45, 2.75) is 13.8 Å². The summed E-state index contributed by atoms with van der Waals surface area (Å²) < 4.78 is 19.3. The molecule has 0 N–H and O–H groups in total. The van der Waals surface area contributed by atoms with E-state index in [4.69, 9.17) is 10.00 Å². The summed E-state index contributed by atoms with van der Waals surface area (Å²) in [6, 6.07) is 14.2. The van der Waals surface area contributed by atoms with Gasteiger partial charge in [-0.1, -0.05) is 17.7 Å². The molecule has 0 saturated heterocycles. The van der Waals surface area contributed by atoms with Crippen LogP contribution in [0, 0.1) is 17.1 Å². The van der Waals surface area contributed by atoms with E-state index in [0.29, 0.717) is 5.56 Å². The van der Waals surface area contributed by atoms with E-state index < -0.39 is 5.82 Å². The van der Waals surface area contributed by atoms with Crippen LogP contribution in [-0.4, -0.2) is 14.2 Å². The van der Waals surface area contributed by atoms with Gasteiger partial charge in [0.25, 0.3) is 0 Å². The maximum absolute atomic E-state index is 14.1. The molecule has 0 fully saturated rings. The van der Waals surface area contributed by atoms with Crippen LogP contribution in [0.4, 0.5) is 10.1 Å². The highest BCUT2D eigenvalue weighted by Gasteiger charge is 2.13. The Kier molecular flexibility index (Phi) is 5.97. The van der Waals surface area contributed by atoms with Gasteiger partial charge in [-0.05, 0) is 56.3 Å². The fourth-order valence-electron chi connectivity index (χ4n) is 2.38. The zero-order valence-electron chi connectivity index (χ0n) is 14.9. The first-order valence-electron chi connectivity index (χ1n) is 7.92. The lowest BCUT2D eigenvalue weighted by Gasteiger charge is -2.24. The van der Waals surface area contributed by atoms with E-state index in [1.807, 2.05) is 68.3 Å². The zero-order chi connectivity index (χ0) is 18.4. The number of hydrogen-bond acceptors (Lipinski definition) is 3. The van der Waals surface area contributed by atoms with Gasteiger partial charge >= 0.3 is 0 Å². The smallest absolute Gasteiger partial charge is 0.141 e. The number of methoxy groups -OCH3 is 1. The fourth-order valence-corrected chi connectivity index (χ4v) is 2.38. The molecule has 0 amide bonds. The van der Waals surface area contributed by atoms with Crippen molar-refractivity contribution in [3.05, 3.63) is 77.1 Å². The molecule has 0 atom stereocenters. The number of ether oxygens (including phenoxy) is 1. The first-order chi connectivity index (χ1) is 12.0. The Hall–Kier alpha value is -3.06. The van der Waals surface area contributed by atoms with E-state index in [0.717, 1.165) is 22.7 Å². The molecule has 0 heterocycles. The van der Waals surface area contributed by atoms with E-state index in [1.165, 1.54) is 12.1 Å². The minimum atomic E-state index is -0.521. The molecule has 0 unspecified atom stereocenters. The van der Waals surface area contributed by atoms with Crippen molar-refractivity contribution in [2.75, 3.05) is 19.1 Å². The Morgan fingerprint density at radius 3 is 2.40 bits per heavy atom. The highest BCUT2D eigenvalue weighted by atomic mass is 19.1. The third-order valence-electron chi connectivity index (χ3n) is 4.03. The number of nitriles is 1. The van der Waals surface area contributed by atoms with Gasteiger partial charge in [-0.25, -0.2) is 4.39 Å². The predicted molar refractivity (Wildman–Crippen MR) is 99.9 cm³/mol. The number of halogens is 1. The van der Waals surface area contributed by atoms with Crippen LogP contribution >= 0.6 is 0 Å². The minimum absolute atomic E-state index is 0.0398. The van der Waals surface area contributed by atoms with Gasteiger partial charge in [-0.15, -0.1) is 0 Å². The summed E-state index contributed by atoms with van der Waals surface area (Å²) in [5.74, 6) is 0.254. The maximum Gasteiger partial charge on any atom is 0.141 e. The topological polar surface area (TPSA) is 36.3 Å². The third kappa shape index (κ3) is 4.27. The Morgan fingerprint density at radius 2 is 1.88 bits per heavy atom. The van der Waals surface area contributed by atoms with Gasteiger partial charge in [0.1, 0.15) is 17.6 Å². The number of rotatable bonds is 5. The molecule has 4 heteroatoms. The van der Waals surface area contributed by atoms with Crippen molar-refractivity contribution in [2.24, 2.45) is 0 Å². The lowest BCUT2D eigenvalue weighted by atomic mass is 10.0. The van der Waals surface area contributed by atoms with Crippen LogP contribution in [0.2, 0.25) is 0 Å². The third-order valence-corrected chi connectivity index (χ3v) is 4.03. The molecule has 2 aromatic rings. The van der Waals surface area contributed by atoms with E-state index in [1.54, 1.807) is 13.2 Å². The number of nitrogens with zero attached hydrogens (tertiary/aromatic N) is 2. The molecule has 128 valence electrons. The second-order valence-electron chi connectivity index (χ2n) is 5.63. The fraction of sp³-hybridized carbons (Fsp3) is 0.190. The molecule has 25 heavy (non-hydrogen) atoms. The van der Waals surface area contributed by atoms with Crippen LogP contribution in [0.3, 0.4) is 0 Å². The maximum atomic E-state index is 14.1. The average Bonchev–Trinajstić information content (AvgIpc) is 2.65. The molecule has 2 rings (SSSR count). The number of hydrogen-bond donors (Lipinski definition) is 0. The van der Waals surface area contributed by atoms with E-state index in [2.05, 4.69) is 0 Å². The molecule has 0 bridgehead atoms. The predicted octanol–water partition coefficient (Wildman–Crippen LogP) is 5.15. The highest BCUT2D eigenvalue weighted by Crippen LogP contribution is 2.28. The summed E-state index contributed by atoms with van der Waals surface area (Å²) in [4.78, 5) is 1.98. The Balaban J connectivity index is 2.50. The van der Waals surface area contributed by atoms with Crippen molar-refractivity contribution < 1.29 is 9.13 Å². The SMILES string of the molecule is C/C=C(C)\C=C(\c1ccc(C#N)c(F)c1)N(C)c1ccc(OC)cc1. The lowest BCUT2D eigenvalue weighted by molar-refractivity contribution is 0.415. The molecular weight excluding hydrogens is 315 g/mol. The molecular formula is C21H21FN2O. The Morgan fingerprint density at radius 1 is 1.20 bits per heavy atom. The normalized spacial score (nSPS) is 11.8. The zero-order valence-corrected chi connectivity index (χ0v) is 14.9. The molecule has 0 aliphatic rings. The molecule has 0 aliphatic carbocycles. The van der Waals surface area contributed by atoms with Gasteiger partial charge < -0.3 is 9.64 Å². The molecule has 0 aromatic heterocycles. The monoisotopic (exact) mass is 336 g/mol. The minimum Gasteiger partial charge on any atom is -0.497 e. The molecule has 0 radical (unpaired) electrons. The van der Waals surface area contributed by atoms with Crippen molar-refractivity contribution in [3.8, 4) is 11.8 Å². The molecule has 0 spiro atoms. The number of allylic oxidation sites excluding steroid dienone is 3. The Labute approximate surface area is 148 Å². The van der Waals surface area contributed by atoms with Gasteiger partial charge in [-0.2, -0.15) is 5.26 Å². The van der Waals surface area contributed by atoms with Crippen LogP contribution in [-0.2, 0) is 0 Å². The van der Waals surface area contributed by atoms with Crippen molar-refractivity contribution >= 4 is 11.4 Å². The Bertz CT molecular complexity index is 845. The summed E-state index contributed by atoms with van der Waals surface area (Å²) in [6.45, 7) is 3.94. The standard InChI is InChI=1S/C21H21FN2O/c1-5-15(2)12-21(16-6-7-17(14-23)20(22)13-16)24(3)18-8-10-19(25-4)11-9-18/h5-13H,1-4H3/b15-5-,21-12-. The van der Waals surface area contributed by atoms with Crippen LogP contribution in [0.15, 0.2) is 60.2 Å². The van der Waals surface area contributed by atoms with Crippen LogP contribution in [0.1, 0.15) is 25.0 Å².